The Labute approximate surface area is 162 Å². The quantitative estimate of drug-likeness (QED) is 0.361. The van der Waals surface area contributed by atoms with Gasteiger partial charge >= 0.3 is 0 Å². The van der Waals surface area contributed by atoms with Gasteiger partial charge in [0.2, 0.25) is 0 Å². The smallest absolute Gasteiger partial charge is 0.0948 e. The van der Waals surface area contributed by atoms with Crippen LogP contribution in [-0.2, 0) is 6.54 Å². The van der Waals surface area contributed by atoms with E-state index >= 15 is 0 Å². The summed E-state index contributed by atoms with van der Waals surface area (Å²) in [5, 5.41) is 2.67. The molecule has 0 spiro atoms. The molecule has 0 N–H and O–H groups in total. The molecule has 0 aliphatic carbocycles. The molecule has 0 radical (unpaired) electrons. The molecule has 0 saturated carbocycles. The molecule has 0 unspecified atom stereocenters. The lowest BCUT2D eigenvalue weighted by Gasteiger charge is -2.10. The number of thiophene rings is 1. The molecule has 5 rings (SSSR count). The Morgan fingerprint density at radius 1 is 0.852 bits per heavy atom. The summed E-state index contributed by atoms with van der Waals surface area (Å²) in [5.74, 6) is 0. The summed E-state index contributed by atoms with van der Waals surface area (Å²) in [6, 6.07) is 26.1. The van der Waals surface area contributed by atoms with Gasteiger partial charge in [-0.1, -0.05) is 60.7 Å². The SMILES string of the molecule is C(Cn1ccnc1)=C(c1ccccc1)c1ccc2sc3ccccc3c2c1. The average Bonchev–Trinajstić information content (AvgIpc) is 3.36. The van der Waals surface area contributed by atoms with E-state index in [0.29, 0.717) is 0 Å². The molecule has 0 aliphatic rings. The molecule has 0 fully saturated rings. The zero-order chi connectivity index (χ0) is 18.1. The molecule has 0 aliphatic heterocycles. The van der Waals surface area contributed by atoms with Crippen molar-refractivity contribution in [2.75, 3.05) is 0 Å². The average molecular weight is 366 g/mol. The van der Waals surface area contributed by atoms with Crippen molar-refractivity contribution in [2.45, 2.75) is 6.54 Å². The molecule has 2 aromatic heterocycles. The van der Waals surface area contributed by atoms with Gasteiger partial charge < -0.3 is 4.57 Å². The van der Waals surface area contributed by atoms with E-state index in [1.165, 1.54) is 36.9 Å². The highest BCUT2D eigenvalue weighted by molar-refractivity contribution is 7.25. The number of hydrogen-bond donors (Lipinski definition) is 0. The van der Waals surface area contributed by atoms with E-state index < -0.39 is 0 Å². The summed E-state index contributed by atoms with van der Waals surface area (Å²) in [4.78, 5) is 4.15. The van der Waals surface area contributed by atoms with Gasteiger partial charge in [-0.3, -0.25) is 0 Å². The third kappa shape index (κ3) is 3.07. The molecular formula is C24H18N2S. The molecular weight excluding hydrogens is 348 g/mol. The van der Waals surface area contributed by atoms with E-state index in [1.54, 1.807) is 0 Å². The number of allylic oxidation sites excluding steroid dienone is 1. The molecule has 5 aromatic rings. The van der Waals surface area contributed by atoms with Crippen LogP contribution >= 0.6 is 11.3 Å². The van der Waals surface area contributed by atoms with Crippen LogP contribution in [0.3, 0.4) is 0 Å². The number of hydrogen-bond acceptors (Lipinski definition) is 2. The first-order valence-electron chi connectivity index (χ1n) is 9.01. The molecule has 3 heteroatoms. The molecule has 0 amide bonds. The van der Waals surface area contributed by atoms with Crippen molar-refractivity contribution in [2.24, 2.45) is 0 Å². The maximum atomic E-state index is 4.15. The van der Waals surface area contributed by atoms with Crippen molar-refractivity contribution in [3.63, 3.8) is 0 Å². The number of aromatic nitrogens is 2. The van der Waals surface area contributed by atoms with Crippen molar-refractivity contribution < 1.29 is 0 Å². The Bertz CT molecular complexity index is 1230. The number of imidazole rings is 1. The zero-order valence-corrected chi connectivity index (χ0v) is 15.6. The van der Waals surface area contributed by atoms with E-state index in [1.807, 2.05) is 30.1 Å². The topological polar surface area (TPSA) is 17.8 Å². The Hall–Kier alpha value is -3.17. The summed E-state index contributed by atoms with van der Waals surface area (Å²) >= 11 is 1.86. The number of rotatable bonds is 4. The summed E-state index contributed by atoms with van der Waals surface area (Å²) in [6.45, 7) is 0.798. The van der Waals surface area contributed by atoms with Crippen molar-refractivity contribution in [3.8, 4) is 0 Å². The standard InChI is InChI=1S/C24H18N2S/c1-2-6-18(7-3-1)20(12-14-26-15-13-25-17-26)19-10-11-24-22(16-19)21-8-4-5-9-23(21)27-24/h1-13,15-17H,14H2. The second kappa shape index (κ2) is 6.86. The van der Waals surface area contributed by atoms with E-state index in [2.05, 4.69) is 88.4 Å². The highest BCUT2D eigenvalue weighted by Crippen LogP contribution is 2.36. The van der Waals surface area contributed by atoms with Gasteiger partial charge in [-0.25, -0.2) is 4.98 Å². The highest BCUT2D eigenvalue weighted by atomic mass is 32.1. The van der Waals surface area contributed by atoms with Crippen molar-refractivity contribution in [3.05, 3.63) is 109 Å². The lowest BCUT2D eigenvalue weighted by Crippen LogP contribution is -1.94. The van der Waals surface area contributed by atoms with Gasteiger partial charge in [0, 0.05) is 39.1 Å². The molecule has 2 nitrogen and oxygen atoms in total. The maximum Gasteiger partial charge on any atom is 0.0948 e. The van der Waals surface area contributed by atoms with Crippen molar-refractivity contribution in [1.29, 1.82) is 0 Å². The van der Waals surface area contributed by atoms with Gasteiger partial charge in [-0.15, -0.1) is 11.3 Å². The zero-order valence-electron chi connectivity index (χ0n) is 14.7. The van der Waals surface area contributed by atoms with Crippen LogP contribution in [0.25, 0.3) is 25.7 Å². The number of benzene rings is 3. The molecule has 2 heterocycles. The van der Waals surface area contributed by atoms with Crippen LogP contribution in [0, 0.1) is 0 Å². The van der Waals surface area contributed by atoms with Crippen molar-refractivity contribution >= 4 is 37.1 Å². The van der Waals surface area contributed by atoms with Gasteiger partial charge in [-0.2, -0.15) is 0 Å². The summed E-state index contributed by atoms with van der Waals surface area (Å²) in [6.07, 6.45) is 7.95. The summed E-state index contributed by atoms with van der Waals surface area (Å²) in [7, 11) is 0. The minimum Gasteiger partial charge on any atom is -0.334 e. The van der Waals surface area contributed by atoms with E-state index in [4.69, 9.17) is 0 Å². The first-order valence-corrected chi connectivity index (χ1v) is 9.83. The van der Waals surface area contributed by atoms with Crippen molar-refractivity contribution in [1.82, 2.24) is 9.55 Å². The predicted octanol–water partition coefficient (Wildman–Crippen LogP) is 6.38. The van der Waals surface area contributed by atoms with Gasteiger partial charge in [0.05, 0.1) is 6.33 Å². The molecule has 0 saturated heterocycles. The Morgan fingerprint density at radius 2 is 1.67 bits per heavy atom. The monoisotopic (exact) mass is 366 g/mol. The van der Waals surface area contributed by atoms with E-state index in [9.17, 15) is 0 Å². The Balaban J connectivity index is 1.66. The number of nitrogens with zero attached hydrogens (tertiary/aromatic N) is 2. The summed E-state index contributed by atoms with van der Waals surface area (Å²) < 4.78 is 4.76. The minimum atomic E-state index is 0.798. The summed E-state index contributed by atoms with van der Waals surface area (Å²) in [5.41, 5.74) is 3.73. The molecule has 0 bridgehead atoms. The van der Waals surface area contributed by atoms with Gasteiger partial charge in [-0.05, 0) is 34.9 Å². The third-order valence-electron chi connectivity index (χ3n) is 4.84. The second-order valence-corrected chi connectivity index (χ2v) is 7.64. The van der Waals surface area contributed by atoms with Crippen LogP contribution in [0.4, 0.5) is 0 Å². The lowest BCUT2D eigenvalue weighted by molar-refractivity contribution is 0.821. The van der Waals surface area contributed by atoms with Crippen LogP contribution in [0.5, 0.6) is 0 Å². The second-order valence-electron chi connectivity index (χ2n) is 6.55. The predicted molar refractivity (Wildman–Crippen MR) is 115 cm³/mol. The largest absolute Gasteiger partial charge is 0.334 e. The van der Waals surface area contributed by atoms with E-state index in [0.717, 1.165) is 6.54 Å². The lowest BCUT2D eigenvalue weighted by atomic mass is 9.96. The number of fused-ring (bicyclic) bond motifs is 3. The fourth-order valence-corrected chi connectivity index (χ4v) is 4.59. The van der Waals surface area contributed by atoms with E-state index in [-0.39, 0.29) is 0 Å². The first kappa shape index (κ1) is 16.0. The Morgan fingerprint density at radius 3 is 2.52 bits per heavy atom. The Kier molecular flexibility index (Phi) is 4.07. The normalized spacial score (nSPS) is 12.1. The van der Waals surface area contributed by atoms with Crippen LogP contribution in [0.1, 0.15) is 11.1 Å². The maximum absolute atomic E-state index is 4.15. The van der Waals surface area contributed by atoms with Gasteiger partial charge in [0.15, 0.2) is 0 Å². The third-order valence-corrected chi connectivity index (χ3v) is 5.99. The van der Waals surface area contributed by atoms with Crippen LogP contribution in [0.15, 0.2) is 97.6 Å². The fourth-order valence-electron chi connectivity index (χ4n) is 3.51. The fraction of sp³-hybridized carbons (Fsp3) is 0.0417. The van der Waals surface area contributed by atoms with Crippen LogP contribution in [0.2, 0.25) is 0 Å². The highest BCUT2D eigenvalue weighted by Gasteiger charge is 2.09. The van der Waals surface area contributed by atoms with Crippen LogP contribution < -0.4 is 0 Å². The minimum absolute atomic E-state index is 0.798. The first-order chi connectivity index (χ1) is 13.4. The molecule has 27 heavy (non-hydrogen) atoms. The molecule has 3 aromatic carbocycles. The van der Waals surface area contributed by atoms with Gasteiger partial charge in [0.1, 0.15) is 0 Å². The van der Waals surface area contributed by atoms with Gasteiger partial charge in [0.25, 0.3) is 0 Å². The molecule has 0 atom stereocenters. The van der Waals surface area contributed by atoms with Crippen LogP contribution in [-0.4, -0.2) is 9.55 Å². The molecule has 130 valence electrons.